The van der Waals surface area contributed by atoms with Gasteiger partial charge in [-0.3, -0.25) is 14.6 Å². The lowest BCUT2D eigenvalue weighted by Crippen LogP contribution is -2.61. The molecule has 1 aromatic heterocycles. The number of fused-ring (bicyclic) bond motifs is 2. The smallest absolute Gasteiger partial charge is 0.408 e. The number of aliphatic hydroxyl groups excluding tert-OH is 1. The van der Waals surface area contributed by atoms with Crippen LogP contribution in [0.15, 0.2) is 42.6 Å². The summed E-state index contributed by atoms with van der Waals surface area (Å²) in [6, 6.07) is 8.34. The van der Waals surface area contributed by atoms with E-state index < -0.39 is 83.1 Å². The number of nitrogens with one attached hydrogen (secondary N) is 1. The number of alkyl carbamates (subject to hydrolysis) is 1. The topological polar surface area (TPSA) is 163 Å². The van der Waals surface area contributed by atoms with Crippen molar-refractivity contribution in [1.29, 1.82) is 0 Å². The molecule has 3 fully saturated rings. The fourth-order valence-electron chi connectivity index (χ4n) is 8.73. The summed E-state index contributed by atoms with van der Waals surface area (Å²) in [6.07, 6.45) is -0.362. The number of carbonyl (C=O) groups is 4. The van der Waals surface area contributed by atoms with E-state index in [-0.39, 0.29) is 37.4 Å². The third kappa shape index (κ3) is 8.69. The number of rotatable bonds is 8. The summed E-state index contributed by atoms with van der Waals surface area (Å²) in [4.78, 5) is 61.6. The van der Waals surface area contributed by atoms with Crippen LogP contribution in [0.2, 0.25) is 0 Å². The lowest BCUT2D eigenvalue weighted by Gasteiger charge is -2.47. The number of benzene rings is 1. The Morgan fingerprint density at radius 3 is 2.45 bits per heavy atom. The number of aliphatic hydroxyl groups is 1. The molecule has 4 heterocycles. The summed E-state index contributed by atoms with van der Waals surface area (Å²) in [5, 5.41) is 15.2. The zero-order valence-electron chi connectivity index (χ0n) is 34.1. The van der Waals surface area contributed by atoms with E-state index in [1.54, 1.807) is 40.0 Å². The largest absolute Gasteiger partial charge is 0.455 e. The Morgan fingerprint density at radius 1 is 1.07 bits per heavy atom. The molecule has 0 spiro atoms. The maximum absolute atomic E-state index is 16.9. The first-order valence-electron chi connectivity index (χ1n) is 19.5. The monoisotopic (exact) mass is 783 g/mol. The van der Waals surface area contributed by atoms with Crippen LogP contribution in [0.4, 0.5) is 9.18 Å². The Morgan fingerprint density at radius 2 is 1.77 bits per heavy atom. The van der Waals surface area contributed by atoms with Crippen LogP contribution < -0.4 is 5.32 Å². The predicted molar refractivity (Wildman–Crippen MR) is 206 cm³/mol. The third-order valence-corrected chi connectivity index (χ3v) is 11.9. The summed E-state index contributed by atoms with van der Waals surface area (Å²) in [5.41, 5.74) is -4.64. The van der Waals surface area contributed by atoms with Crippen molar-refractivity contribution in [3.05, 3.63) is 48.2 Å². The number of likely N-dealkylation sites (N-methyl/N-ethyl adjacent to an activating group) is 1. The minimum absolute atomic E-state index is 0.0386. The van der Waals surface area contributed by atoms with Crippen LogP contribution in [-0.2, 0) is 38.1 Å². The zero-order valence-corrected chi connectivity index (χ0v) is 34.1. The van der Waals surface area contributed by atoms with E-state index in [1.807, 2.05) is 62.3 Å². The quantitative estimate of drug-likeness (QED) is 0.266. The Hall–Kier alpha value is -3.82. The van der Waals surface area contributed by atoms with Gasteiger partial charge >= 0.3 is 12.1 Å². The minimum Gasteiger partial charge on any atom is -0.455 e. The number of esters is 1. The van der Waals surface area contributed by atoms with E-state index in [9.17, 15) is 24.3 Å². The molecule has 13 atom stereocenters. The van der Waals surface area contributed by atoms with Gasteiger partial charge in [0.1, 0.15) is 18.0 Å². The van der Waals surface area contributed by atoms with Gasteiger partial charge in [-0.05, 0) is 78.7 Å². The molecule has 13 nitrogen and oxygen atoms in total. The molecule has 0 aliphatic carbocycles. The number of para-hydroxylation sites is 1. The number of hydrogen-bond acceptors (Lipinski definition) is 12. The fourth-order valence-corrected chi connectivity index (χ4v) is 8.73. The van der Waals surface area contributed by atoms with Crippen LogP contribution in [0.5, 0.6) is 0 Å². The summed E-state index contributed by atoms with van der Waals surface area (Å²) < 4.78 is 47.6. The van der Waals surface area contributed by atoms with Crippen LogP contribution in [0.3, 0.4) is 0 Å². The molecule has 3 saturated heterocycles. The Labute approximate surface area is 328 Å². The summed E-state index contributed by atoms with van der Waals surface area (Å²) in [5.74, 6) is -5.93. The van der Waals surface area contributed by atoms with Crippen molar-refractivity contribution in [3.8, 4) is 0 Å². The normalized spacial score (nSPS) is 38.9. The molecule has 0 unspecified atom stereocenters. The van der Waals surface area contributed by atoms with Crippen LogP contribution in [0.25, 0.3) is 17.0 Å². The molecule has 308 valence electrons. The number of carbonyl (C=O) groups excluding carboxylic acids is 4. The number of ether oxygens (including phenoxy) is 5. The maximum Gasteiger partial charge on any atom is 0.408 e. The van der Waals surface area contributed by atoms with Gasteiger partial charge in [-0.2, -0.15) is 0 Å². The van der Waals surface area contributed by atoms with Gasteiger partial charge in [-0.25, -0.2) is 14.0 Å². The van der Waals surface area contributed by atoms with Crippen molar-refractivity contribution in [2.24, 2.45) is 17.8 Å². The molecule has 5 rings (SSSR count). The van der Waals surface area contributed by atoms with Crippen molar-refractivity contribution in [2.45, 2.75) is 134 Å². The number of nitrogens with zero attached hydrogens (tertiary/aromatic N) is 2. The molecular formula is C42H58FN3O10. The Balaban J connectivity index is 1.58. The number of ketones is 2. The maximum atomic E-state index is 16.9. The number of Topliss-reactive ketones (excluding diaryl/α,β-unsaturated/α-hetero) is 2. The van der Waals surface area contributed by atoms with Crippen molar-refractivity contribution in [2.75, 3.05) is 20.7 Å². The molecule has 3 aliphatic heterocycles. The highest BCUT2D eigenvalue weighted by molar-refractivity contribution is 6.08. The lowest BCUT2D eigenvalue weighted by molar-refractivity contribution is -0.297. The van der Waals surface area contributed by atoms with E-state index in [0.717, 1.165) is 23.4 Å². The van der Waals surface area contributed by atoms with Crippen LogP contribution in [-0.4, -0.2) is 119 Å². The third-order valence-electron chi connectivity index (χ3n) is 11.9. The second-order valence-electron chi connectivity index (χ2n) is 16.6. The highest BCUT2D eigenvalue weighted by Gasteiger charge is 2.59. The highest BCUT2D eigenvalue weighted by Crippen LogP contribution is 2.41. The molecule has 14 heteroatoms. The second-order valence-corrected chi connectivity index (χ2v) is 16.6. The second kappa shape index (κ2) is 17.0. The number of hydrogen-bond donors (Lipinski definition) is 2. The zero-order chi connectivity index (χ0) is 41.3. The molecule has 1 amide bonds. The summed E-state index contributed by atoms with van der Waals surface area (Å²) >= 11 is 0. The number of amides is 1. The number of alkyl halides is 1. The molecule has 0 radical (unpaired) electrons. The standard InChI is InChI=1S/C42H58FN3O10/c1-11-31-42(8)34(45-39(51)56-42)25(4)32(47)23(2)21-40(6,52-18-14-15-27-20-28-16-12-13-17-29(28)44-22-27)36(26(5)35(49)41(7,43)38(50)54-31)55-37-33(48)30(46(9)10)19-24(3)53-37/h12-17,20,22-26,30-31,33-34,36-37,48H,11,18-19,21H2,1-10H3,(H,45,51)/b15-14+/t23-,24-,25+,26+,30+,31-,33-,34-,36-,37+,40-,41+,42-/m1/s1. The van der Waals surface area contributed by atoms with Gasteiger partial charge in [0.2, 0.25) is 0 Å². The molecular weight excluding hydrogens is 725 g/mol. The number of pyridine rings is 1. The van der Waals surface area contributed by atoms with Gasteiger partial charge in [-0.1, -0.05) is 58.0 Å². The van der Waals surface area contributed by atoms with Crippen LogP contribution in [0, 0.1) is 17.8 Å². The van der Waals surface area contributed by atoms with Gasteiger partial charge in [0.25, 0.3) is 5.67 Å². The fraction of sp³-hybridized carbons (Fsp3) is 0.643. The number of cyclic esters (lactones) is 1. The van der Waals surface area contributed by atoms with Gasteiger partial charge in [0.05, 0.1) is 36.0 Å². The van der Waals surface area contributed by atoms with E-state index in [2.05, 4.69) is 10.3 Å². The predicted octanol–water partition coefficient (Wildman–Crippen LogP) is 5.20. The van der Waals surface area contributed by atoms with Gasteiger partial charge < -0.3 is 39.0 Å². The first-order chi connectivity index (χ1) is 26.2. The van der Waals surface area contributed by atoms with Crippen LogP contribution in [0.1, 0.15) is 80.2 Å². The van der Waals surface area contributed by atoms with Crippen molar-refractivity contribution in [1.82, 2.24) is 15.2 Å². The molecule has 2 aromatic rings. The van der Waals surface area contributed by atoms with Gasteiger partial charge in [-0.15, -0.1) is 0 Å². The van der Waals surface area contributed by atoms with E-state index >= 15 is 4.39 Å². The summed E-state index contributed by atoms with van der Waals surface area (Å²) in [7, 11) is 3.64. The summed E-state index contributed by atoms with van der Waals surface area (Å²) in [6.45, 7) is 12.3. The molecule has 0 saturated carbocycles. The molecule has 1 aromatic carbocycles. The minimum atomic E-state index is -3.19. The van der Waals surface area contributed by atoms with Crippen molar-refractivity contribution in [3.63, 3.8) is 0 Å². The molecule has 3 aliphatic rings. The van der Waals surface area contributed by atoms with Gasteiger partial charge in [0.15, 0.2) is 17.7 Å². The molecule has 0 bridgehead atoms. The molecule has 56 heavy (non-hydrogen) atoms. The Bertz CT molecular complexity index is 1800. The van der Waals surface area contributed by atoms with Crippen LogP contribution >= 0.6 is 0 Å². The first kappa shape index (κ1) is 43.3. The van der Waals surface area contributed by atoms with E-state index in [1.165, 1.54) is 13.8 Å². The average molecular weight is 784 g/mol. The Kier molecular flexibility index (Phi) is 13.1. The number of halogens is 1. The van der Waals surface area contributed by atoms with Gasteiger partial charge in [0, 0.05) is 35.4 Å². The van der Waals surface area contributed by atoms with E-state index in [4.69, 9.17) is 23.7 Å². The lowest BCUT2D eigenvalue weighted by atomic mass is 9.73. The highest BCUT2D eigenvalue weighted by atomic mass is 19.1. The first-order valence-corrected chi connectivity index (χ1v) is 19.5. The SMILES string of the molecule is CC[C@H]1OC(=O)[C@@](C)(F)C(=O)[C@H](C)[C@@H](O[C@@H]2O[C@H](C)C[C@H](N(C)C)[C@H]2O)[C@](C)(OC/C=C/c2cnc3ccccc3c2)C[C@@H](C)C(=O)[C@H](C)[C@H]2NC(=O)O[C@@]21C. The molecule has 2 N–H and O–H groups in total. The number of aromatic nitrogens is 1. The van der Waals surface area contributed by atoms with Crippen molar-refractivity contribution < 1.29 is 52.4 Å². The van der Waals surface area contributed by atoms with Crippen molar-refractivity contribution >= 4 is 40.6 Å². The average Bonchev–Trinajstić information content (AvgIpc) is 3.47. The van der Waals surface area contributed by atoms with E-state index in [0.29, 0.717) is 6.42 Å².